The standard InChI is InChI=1S/C22H27N3O/c26-22-11-9-19-17-18(8-10-21(19)23-22)5-4-12-24-13-15-25(16-14-24)20-6-2-1-3-7-20/h1-3,6-8,10,17H,4-5,9,11-16H2,(H,23,26). The van der Waals surface area contributed by atoms with Gasteiger partial charge in [0.2, 0.25) is 5.91 Å². The molecule has 2 aromatic carbocycles. The van der Waals surface area contributed by atoms with E-state index in [1.165, 1.54) is 23.2 Å². The monoisotopic (exact) mass is 349 g/mol. The molecule has 4 rings (SSSR count). The fraction of sp³-hybridized carbons (Fsp3) is 0.409. The summed E-state index contributed by atoms with van der Waals surface area (Å²) >= 11 is 0. The maximum atomic E-state index is 11.5. The van der Waals surface area contributed by atoms with E-state index in [0.29, 0.717) is 6.42 Å². The first-order chi connectivity index (χ1) is 12.8. The van der Waals surface area contributed by atoms with E-state index in [9.17, 15) is 4.79 Å². The predicted octanol–water partition coefficient (Wildman–Crippen LogP) is 3.33. The number of carbonyl (C=O) groups is 1. The van der Waals surface area contributed by atoms with Gasteiger partial charge < -0.3 is 10.2 Å². The third-order valence-corrected chi connectivity index (χ3v) is 5.50. The van der Waals surface area contributed by atoms with Crippen LogP contribution in [0, 0.1) is 0 Å². The van der Waals surface area contributed by atoms with Gasteiger partial charge in [0, 0.05) is 44.0 Å². The zero-order valence-electron chi connectivity index (χ0n) is 15.3. The third-order valence-electron chi connectivity index (χ3n) is 5.50. The molecule has 0 saturated carbocycles. The molecule has 0 spiro atoms. The van der Waals surface area contributed by atoms with Gasteiger partial charge >= 0.3 is 0 Å². The average Bonchev–Trinajstić information content (AvgIpc) is 2.69. The molecule has 2 aromatic rings. The molecule has 0 aromatic heterocycles. The van der Waals surface area contributed by atoms with Crippen molar-refractivity contribution < 1.29 is 4.79 Å². The van der Waals surface area contributed by atoms with Crippen molar-refractivity contribution in [2.45, 2.75) is 25.7 Å². The Morgan fingerprint density at radius 3 is 2.54 bits per heavy atom. The van der Waals surface area contributed by atoms with Crippen LogP contribution >= 0.6 is 0 Å². The number of nitrogens with one attached hydrogen (secondary N) is 1. The van der Waals surface area contributed by atoms with Crippen LogP contribution in [0.4, 0.5) is 11.4 Å². The van der Waals surface area contributed by atoms with Crippen molar-refractivity contribution in [3.8, 4) is 0 Å². The number of para-hydroxylation sites is 1. The van der Waals surface area contributed by atoms with Gasteiger partial charge in [-0.2, -0.15) is 0 Å². The number of hydrogen-bond donors (Lipinski definition) is 1. The summed E-state index contributed by atoms with van der Waals surface area (Å²) in [6.45, 7) is 5.68. The highest BCUT2D eigenvalue weighted by Crippen LogP contribution is 2.24. The van der Waals surface area contributed by atoms with E-state index in [1.54, 1.807) is 0 Å². The molecule has 1 amide bonds. The number of nitrogens with zero attached hydrogens (tertiary/aromatic N) is 2. The molecule has 1 fully saturated rings. The van der Waals surface area contributed by atoms with E-state index in [2.05, 4.69) is 63.6 Å². The van der Waals surface area contributed by atoms with Crippen molar-refractivity contribution in [1.29, 1.82) is 0 Å². The number of carbonyl (C=O) groups excluding carboxylic acids is 1. The van der Waals surface area contributed by atoms with Crippen LogP contribution in [-0.4, -0.2) is 43.5 Å². The van der Waals surface area contributed by atoms with E-state index in [4.69, 9.17) is 0 Å². The third kappa shape index (κ3) is 4.07. The molecule has 136 valence electrons. The molecule has 0 bridgehead atoms. The second kappa shape index (κ2) is 7.92. The van der Waals surface area contributed by atoms with Crippen LogP contribution < -0.4 is 10.2 Å². The summed E-state index contributed by atoms with van der Waals surface area (Å²) in [7, 11) is 0. The maximum absolute atomic E-state index is 11.5. The van der Waals surface area contributed by atoms with Crippen LogP contribution in [0.3, 0.4) is 0 Å². The summed E-state index contributed by atoms with van der Waals surface area (Å²) < 4.78 is 0. The Morgan fingerprint density at radius 1 is 0.923 bits per heavy atom. The first kappa shape index (κ1) is 17.1. The molecular formula is C22H27N3O. The van der Waals surface area contributed by atoms with Gasteiger partial charge in [-0.3, -0.25) is 9.69 Å². The molecule has 0 aliphatic carbocycles. The van der Waals surface area contributed by atoms with E-state index in [0.717, 1.165) is 51.3 Å². The smallest absolute Gasteiger partial charge is 0.224 e. The quantitative estimate of drug-likeness (QED) is 0.899. The van der Waals surface area contributed by atoms with Crippen molar-refractivity contribution in [3.05, 3.63) is 59.7 Å². The fourth-order valence-corrected chi connectivity index (χ4v) is 3.97. The summed E-state index contributed by atoms with van der Waals surface area (Å²) in [4.78, 5) is 16.5. The molecule has 1 saturated heterocycles. The van der Waals surface area contributed by atoms with E-state index in [-0.39, 0.29) is 5.91 Å². The second-order valence-corrected chi connectivity index (χ2v) is 7.31. The molecule has 2 aliphatic rings. The number of anilines is 2. The minimum Gasteiger partial charge on any atom is -0.369 e. The Labute approximate surface area is 155 Å². The topological polar surface area (TPSA) is 35.6 Å². The minimum atomic E-state index is 0.139. The highest BCUT2D eigenvalue weighted by molar-refractivity contribution is 5.93. The van der Waals surface area contributed by atoms with Gasteiger partial charge in [-0.1, -0.05) is 30.3 Å². The zero-order chi connectivity index (χ0) is 17.8. The molecule has 0 radical (unpaired) electrons. The highest BCUT2D eigenvalue weighted by atomic mass is 16.1. The van der Waals surface area contributed by atoms with Gasteiger partial charge in [-0.15, -0.1) is 0 Å². The molecule has 4 heteroatoms. The van der Waals surface area contributed by atoms with Crippen LogP contribution in [0.5, 0.6) is 0 Å². The molecule has 2 aliphatic heterocycles. The summed E-state index contributed by atoms with van der Waals surface area (Å²) in [5.74, 6) is 0.139. The molecule has 2 heterocycles. The van der Waals surface area contributed by atoms with Crippen LogP contribution in [0.25, 0.3) is 0 Å². The number of piperazine rings is 1. The van der Waals surface area contributed by atoms with Gasteiger partial charge in [0.15, 0.2) is 0 Å². The summed E-state index contributed by atoms with van der Waals surface area (Å²) in [5, 5.41) is 2.96. The van der Waals surface area contributed by atoms with Gasteiger partial charge in [-0.05, 0) is 55.1 Å². The van der Waals surface area contributed by atoms with Gasteiger partial charge in [0.1, 0.15) is 0 Å². The van der Waals surface area contributed by atoms with Crippen LogP contribution in [0.1, 0.15) is 24.0 Å². The van der Waals surface area contributed by atoms with E-state index < -0.39 is 0 Å². The first-order valence-corrected chi connectivity index (χ1v) is 9.72. The Morgan fingerprint density at radius 2 is 1.73 bits per heavy atom. The lowest BCUT2D eigenvalue weighted by Gasteiger charge is -2.36. The maximum Gasteiger partial charge on any atom is 0.224 e. The molecule has 26 heavy (non-hydrogen) atoms. The minimum absolute atomic E-state index is 0.139. The van der Waals surface area contributed by atoms with Gasteiger partial charge in [0.05, 0.1) is 0 Å². The van der Waals surface area contributed by atoms with Gasteiger partial charge in [-0.25, -0.2) is 0 Å². The highest BCUT2D eigenvalue weighted by Gasteiger charge is 2.17. The largest absolute Gasteiger partial charge is 0.369 e. The number of amides is 1. The number of benzene rings is 2. The number of rotatable bonds is 5. The SMILES string of the molecule is O=C1CCc2cc(CCCN3CCN(c4ccccc4)CC3)ccc2N1. The van der Waals surface area contributed by atoms with Crippen molar-refractivity contribution in [2.75, 3.05) is 42.9 Å². The molecule has 0 unspecified atom stereocenters. The van der Waals surface area contributed by atoms with Crippen LogP contribution in [0.2, 0.25) is 0 Å². The summed E-state index contributed by atoms with van der Waals surface area (Å²) in [6.07, 6.45) is 3.79. The van der Waals surface area contributed by atoms with E-state index >= 15 is 0 Å². The summed E-state index contributed by atoms with van der Waals surface area (Å²) in [5.41, 5.74) is 5.02. The fourth-order valence-electron chi connectivity index (χ4n) is 3.97. The van der Waals surface area contributed by atoms with Crippen LogP contribution in [-0.2, 0) is 17.6 Å². The number of aryl methyl sites for hydroxylation is 2. The van der Waals surface area contributed by atoms with Crippen molar-refractivity contribution in [2.24, 2.45) is 0 Å². The van der Waals surface area contributed by atoms with Crippen molar-refractivity contribution in [3.63, 3.8) is 0 Å². The number of fused-ring (bicyclic) bond motifs is 1. The lowest BCUT2D eigenvalue weighted by Crippen LogP contribution is -2.46. The van der Waals surface area contributed by atoms with Crippen molar-refractivity contribution in [1.82, 2.24) is 4.90 Å². The summed E-state index contributed by atoms with van der Waals surface area (Å²) in [6, 6.07) is 17.2. The van der Waals surface area contributed by atoms with E-state index in [1.807, 2.05) is 0 Å². The number of hydrogen-bond acceptors (Lipinski definition) is 3. The predicted molar refractivity (Wildman–Crippen MR) is 107 cm³/mol. The Hall–Kier alpha value is -2.33. The lowest BCUT2D eigenvalue weighted by atomic mass is 9.98. The zero-order valence-corrected chi connectivity index (χ0v) is 15.3. The Bertz CT molecular complexity index is 751. The molecule has 4 nitrogen and oxygen atoms in total. The molecule has 1 N–H and O–H groups in total. The van der Waals surface area contributed by atoms with Crippen molar-refractivity contribution >= 4 is 17.3 Å². The van der Waals surface area contributed by atoms with Crippen LogP contribution in [0.15, 0.2) is 48.5 Å². The molecular weight excluding hydrogens is 322 g/mol. The first-order valence-electron chi connectivity index (χ1n) is 9.72. The Kier molecular flexibility index (Phi) is 5.21. The van der Waals surface area contributed by atoms with Gasteiger partial charge in [0.25, 0.3) is 0 Å². The Balaban J connectivity index is 1.23. The molecule has 0 atom stereocenters. The average molecular weight is 349 g/mol. The normalized spacial score (nSPS) is 17.7. The lowest BCUT2D eigenvalue weighted by molar-refractivity contribution is -0.116. The second-order valence-electron chi connectivity index (χ2n) is 7.31.